The van der Waals surface area contributed by atoms with E-state index in [0.29, 0.717) is 18.0 Å². The Morgan fingerprint density at radius 2 is 1.96 bits per heavy atom. The van der Waals surface area contributed by atoms with Crippen molar-refractivity contribution in [1.29, 1.82) is 0 Å². The van der Waals surface area contributed by atoms with Crippen LogP contribution in [0.5, 0.6) is 0 Å². The average Bonchev–Trinajstić information content (AvgIpc) is 3.02. The van der Waals surface area contributed by atoms with Crippen LogP contribution in [0.25, 0.3) is 0 Å². The molecule has 2 heterocycles. The molecule has 1 atom stereocenters. The van der Waals surface area contributed by atoms with Gasteiger partial charge in [0.25, 0.3) is 5.56 Å². The normalized spacial score (nSPS) is 18.2. The minimum Gasteiger partial charge on any atom is -0.303 e. The Hall–Kier alpha value is -1.85. The van der Waals surface area contributed by atoms with Gasteiger partial charge >= 0.3 is 5.69 Å². The fraction of sp³-hybridized carbons (Fsp3) is 0.444. The Morgan fingerprint density at radius 1 is 1.21 bits per heavy atom. The van der Waals surface area contributed by atoms with Crippen molar-refractivity contribution in [1.82, 2.24) is 14.5 Å². The quantitative estimate of drug-likeness (QED) is 0.903. The molecule has 0 radical (unpaired) electrons. The minimum atomic E-state index is -0.328. The zero-order valence-corrected chi connectivity index (χ0v) is 14.6. The first-order valence-corrected chi connectivity index (χ1v) is 8.69. The zero-order valence-electron chi connectivity index (χ0n) is 13.8. The number of H-pyrrole nitrogens is 1. The van der Waals surface area contributed by atoms with Crippen molar-refractivity contribution < 1.29 is 0 Å². The van der Waals surface area contributed by atoms with Crippen LogP contribution in [0.15, 0.2) is 40.1 Å². The van der Waals surface area contributed by atoms with E-state index in [1.165, 1.54) is 5.56 Å². The molecule has 2 aromatic rings. The van der Waals surface area contributed by atoms with Crippen LogP contribution in [-0.4, -0.2) is 34.1 Å². The van der Waals surface area contributed by atoms with Gasteiger partial charge in [0.2, 0.25) is 0 Å². The molecule has 24 heavy (non-hydrogen) atoms. The van der Waals surface area contributed by atoms with Crippen LogP contribution >= 0.6 is 11.6 Å². The van der Waals surface area contributed by atoms with Gasteiger partial charge < -0.3 is 9.47 Å². The molecule has 0 amide bonds. The molecule has 1 aromatic carbocycles. The Labute approximate surface area is 145 Å². The van der Waals surface area contributed by atoms with Crippen molar-refractivity contribution in [3.63, 3.8) is 0 Å². The van der Waals surface area contributed by atoms with Crippen LogP contribution in [0, 0.1) is 6.92 Å². The van der Waals surface area contributed by atoms with Gasteiger partial charge in [0.05, 0.1) is 0 Å². The molecule has 3 rings (SSSR count). The molecule has 1 aliphatic heterocycles. The number of aryl methyl sites for hydroxylation is 2. The molecule has 0 spiro atoms. The van der Waals surface area contributed by atoms with E-state index >= 15 is 0 Å². The number of nitrogens with zero attached hydrogens (tertiary/aromatic N) is 2. The van der Waals surface area contributed by atoms with Gasteiger partial charge in [0.15, 0.2) is 0 Å². The number of nitrogens with one attached hydrogen (secondary N) is 1. The van der Waals surface area contributed by atoms with E-state index < -0.39 is 0 Å². The number of rotatable bonds is 5. The third-order valence-corrected chi connectivity index (χ3v) is 4.93. The predicted molar refractivity (Wildman–Crippen MR) is 95.9 cm³/mol. The SMILES string of the molecule is Cc1cn(CCCN2CC[C@@H](c3ccc(Cl)cc3)C2)c(=O)[nH]c1=O. The van der Waals surface area contributed by atoms with Crippen molar-refractivity contribution in [3.05, 3.63) is 67.4 Å². The standard InChI is InChI=1S/C18H22ClN3O2/c1-13-11-22(18(24)20-17(13)23)9-2-8-21-10-7-15(12-21)14-3-5-16(19)6-4-14/h3-6,11,15H,2,7-10,12H2,1H3,(H,20,23,24)/t15-/m1/s1. The highest BCUT2D eigenvalue weighted by Crippen LogP contribution is 2.28. The monoisotopic (exact) mass is 347 g/mol. The summed E-state index contributed by atoms with van der Waals surface area (Å²) >= 11 is 5.95. The molecule has 1 N–H and O–H groups in total. The number of halogens is 1. The molecular weight excluding hydrogens is 326 g/mol. The lowest BCUT2D eigenvalue weighted by molar-refractivity contribution is 0.320. The lowest BCUT2D eigenvalue weighted by atomic mass is 9.99. The fourth-order valence-corrected chi connectivity index (χ4v) is 3.42. The first-order chi connectivity index (χ1) is 11.5. The highest BCUT2D eigenvalue weighted by atomic mass is 35.5. The van der Waals surface area contributed by atoms with Gasteiger partial charge in [0, 0.05) is 29.9 Å². The van der Waals surface area contributed by atoms with Crippen LogP contribution in [0.3, 0.4) is 0 Å². The van der Waals surface area contributed by atoms with Crippen LogP contribution in [0.2, 0.25) is 5.02 Å². The van der Waals surface area contributed by atoms with Gasteiger partial charge in [-0.1, -0.05) is 23.7 Å². The summed E-state index contributed by atoms with van der Waals surface area (Å²) in [5.74, 6) is 0.556. The molecule has 1 fully saturated rings. The lowest BCUT2D eigenvalue weighted by Gasteiger charge is -2.16. The molecule has 128 valence electrons. The van der Waals surface area contributed by atoms with Crippen molar-refractivity contribution in [2.45, 2.75) is 32.2 Å². The zero-order chi connectivity index (χ0) is 17.1. The number of aromatic nitrogens is 2. The van der Waals surface area contributed by atoms with Crippen LogP contribution < -0.4 is 11.2 Å². The summed E-state index contributed by atoms with van der Waals surface area (Å²) in [5, 5.41) is 0.773. The summed E-state index contributed by atoms with van der Waals surface area (Å²) in [6.07, 6.45) is 3.68. The van der Waals surface area contributed by atoms with Gasteiger partial charge in [0.1, 0.15) is 0 Å². The largest absolute Gasteiger partial charge is 0.328 e. The molecule has 1 aliphatic rings. The summed E-state index contributed by atoms with van der Waals surface area (Å²) in [6.45, 7) is 5.41. The number of benzene rings is 1. The lowest BCUT2D eigenvalue weighted by Crippen LogP contribution is -2.32. The number of hydrogen-bond acceptors (Lipinski definition) is 3. The predicted octanol–water partition coefficient (Wildman–Crippen LogP) is 2.38. The summed E-state index contributed by atoms with van der Waals surface area (Å²) in [6, 6.07) is 8.12. The third kappa shape index (κ3) is 3.97. The molecule has 1 saturated heterocycles. The summed E-state index contributed by atoms with van der Waals surface area (Å²) < 4.78 is 1.59. The van der Waals surface area contributed by atoms with Gasteiger partial charge in [-0.2, -0.15) is 0 Å². The molecule has 0 saturated carbocycles. The highest BCUT2D eigenvalue weighted by Gasteiger charge is 2.23. The molecular formula is C18H22ClN3O2. The van der Waals surface area contributed by atoms with E-state index in [-0.39, 0.29) is 11.2 Å². The summed E-state index contributed by atoms with van der Waals surface area (Å²) in [4.78, 5) is 27.9. The van der Waals surface area contributed by atoms with Crippen LogP contribution in [0.4, 0.5) is 0 Å². The van der Waals surface area contributed by atoms with Crippen LogP contribution in [-0.2, 0) is 6.54 Å². The second kappa shape index (κ2) is 7.36. The first-order valence-electron chi connectivity index (χ1n) is 8.31. The molecule has 0 aliphatic carbocycles. The van der Waals surface area contributed by atoms with E-state index in [4.69, 9.17) is 11.6 Å². The topological polar surface area (TPSA) is 58.1 Å². The van der Waals surface area contributed by atoms with Crippen molar-refractivity contribution in [2.75, 3.05) is 19.6 Å². The second-order valence-corrected chi connectivity index (χ2v) is 6.89. The van der Waals surface area contributed by atoms with Gasteiger partial charge in [-0.05, 0) is 56.5 Å². The second-order valence-electron chi connectivity index (χ2n) is 6.46. The molecule has 6 heteroatoms. The number of likely N-dealkylation sites (tertiary alicyclic amines) is 1. The van der Waals surface area contributed by atoms with E-state index in [1.54, 1.807) is 17.7 Å². The maximum absolute atomic E-state index is 11.8. The first kappa shape index (κ1) is 17.0. The smallest absolute Gasteiger partial charge is 0.303 e. The Kier molecular flexibility index (Phi) is 5.21. The maximum Gasteiger partial charge on any atom is 0.328 e. The Bertz CT molecular complexity index is 810. The van der Waals surface area contributed by atoms with Gasteiger partial charge in [-0.25, -0.2) is 4.79 Å². The van der Waals surface area contributed by atoms with Crippen molar-refractivity contribution in [3.8, 4) is 0 Å². The number of aromatic amines is 1. The maximum atomic E-state index is 11.8. The third-order valence-electron chi connectivity index (χ3n) is 4.68. The molecule has 0 unspecified atom stereocenters. The van der Waals surface area contributed by atoms with Crippen LogP contribution in [0.1, 0.15) is 29.9 Å². The highest BCUT2D eigenvalue weighted by molar-refractivity contribution is 6.30. The Morgan fingerprint density at radius 3 is 2.71 bits per heavy atom. The Balaban J connectivity index is 1.52. The molecule has 0 bridgehead atoms. The van der Waals surface area contributed by atoms with E-state index in [1.807, 2.05) is 12.1 Å². The van der Waals surface area contributed by atoms with E-state index in [0.717, 1.165) is 37.5 Å². The van der Waals surface area contributed by atoms with Crippen molar-refractivity contribution in [2.24, 2.45) is 0 Å². The molecule has 5 nitrogen and oxygen atoms in total. The summed E-state index contributed by atoms with van der Waals surface area (Å²) in [7, 11) is 0. The van der Waals surface area contributed by atoms with Gasteiger partial charge in [-0.3, -0.25) is 9.78 Å². The van der Waals surface area contributed by atoms with Crippen molar-refractivity contribution >= 4 is 11.6 Å². The van der Waals surface area contributed by atoms with E-state index in [2.05, 4.69) is 22.0 Å². The fourth-order valence-electron chi connectivity index (χ4n) is 3.29. The van der Waals surface area contributed by atoms with E-state index in [9.17, 15) is 9.59 Å². The average molecular weight is 348 g/mol. The summed E-state index contributed by atoms with van der Waals surface area (Å²) in [5.41, 5.74) is 1.28. The minimum absolute atomic E-state index is 0.304. The van der Waals surface area contributed by atoms with Gasteiger partial charge in [-0.15, -0.1) is 0 Å². The molecule has 1 aromatic heterocycles. The number of hydrogen-bond donors (Lipinski definition) is 1.